The summed E-state index contributed by atoms with van der Waals surface area (Å²) in [4.78, 5) is 0. The Balaban J connectivity index is 2.50. The first-order valence-electron chi connectivity index (χ1n) is 4.73. The van der Waals surface area contributed by atoms with E-state index in [-0.39, 0.29) is 6.04 Å². The van der Waals surface area contributed by atoms with Crippen molar-refractivity contribution < 1.29 is 0 Å². The third kappa shape index (κ3) is 3.17. The van der Waals surface area contributed by atoms with Gasteiger partial charge in [-0.15, -0.1) is 0 Å². The fourth-order valence-corrected chi connectivity index (χ4v) is 1.37. The van der Waals surface area contributed by atoms with Gasteiger partial charge in [-0.2, -0.15) is 0 Å². The molecule has 1 aromatic rings. The Morgan fingerprint density at radius 1 is 1.23 bits per heavy atom. The van der Waals surface area contributed by atoms with Crippen LogP contribution in [0.2, 0.25) is 0 Å². The van der Waals surface area contributed by atoms with E-state index in [4.69, 9.17) is 11.5 Å². The van der Waals surface area contributed by atoms with E-state index in [0.717, 1.165) is 6.42 Å². The second-order valence-corrected chi connectivity index (χ2v) is 3.57. The molecule has 0 aliphatic carbocycles. The van der Waals surface area contributed by atoms with Crippen LogP contribution >= 0.6 is 0 Å². The molecule has 0 aromatic heterocycles. The lowest BCUT2D eigenvalue weighted by Crippen LogP contribution is -2.36. The van der Waals surface area contributed by atoms with Gasteiger partial charge in [0, 0.05) is 12.6 Å². The smallest absolute Gasteiger partial charge is 0.0192 e. The minimum atomic E-state index is 0.111. The third-order valence-electron chi connectivity index (χ3n) is 2.40. The van der Waals surface area contributed by atoms with E-state index >= 15 is 0 Å². The molecule has 0 amide bonds. The van der Waals surface area contributed by atoms with Crippen LogP contribution in [0.4, 0.5) is 0 Å². The molecule has 2 nitrogen and oxygen atoms in total. The van der Waals surface area contributed by atoms with E-state index in [2.05, 4.69) is 31.2 Å². The van der Waals surface area contributed by atoms with E-state index < -0.39 is 0 Å². The molecule has 13 heavy (non-hydrogen) atoms. The van der Waals surface area contributed by atoms with E-state index in [0.29, 0.717) is 12.5 Å². The summed E-state index contributed by atoms with van der Waals surface area (Å²) in [6, 6.07) is 10.5. The van der Waals surface area contributed by atoms with Gasteiger partial charge in [0.1, 0.15) is 0 Å². The van der Waals surface area contributed by atoms with Crippen LogP contribution in [0.15, 0.2) is 30.3 Å². The van der Waals surface area contributed by atoms with Crippen LogP contribution in [0, 0.1) is 5.92 Å². The largest absolute Gasteiger partial charge is 0.329 e. The predicted octanol–water partition coefficient (Wildman–Crippen LogP) is 1.15. The van der Waals surface area contributed by atoms with E-state index in [9.17, 15) is 0 Å². The second kappa shape index (κ2) is 5.00. The van der Waals surface area contributed by atoms with Crippen molar-refractivity contribution in [1.29, 1.82) is 0 Å². The van der Waals surface area contributed by atoms with Crippen molar-refractivity contribution in [3.63, 3.8) is 0 Å². The predicted molar refractivity (Wildman–Crippen MR) is 56.3 cm³/mol. The molecule has 0 heterocycles. The lowest BCUT2D eigenvalue weighted by molar-refractivity contribution is 0.459. The molecule has 2 atom stereocenters. The molecule has 0 fully saturated rings. The summed E-state index contributed by atoms with van der Waals surface area (Å²) >= 11 is 0. The fraction of sp³-hybridized carbons (Fsp3) is 0.455. The molecule has 0 saturated carbocycles. The van der Waals surface area contributed by atoms with Crippen molar-refractivity contribution in [3.05, 3.63) is 35.9 Å². The first kappa shape index (κ1) is 10.2. The topological polar surface area (TPSA) is 52.0 Å². The first-order valence-corrected chi connectivity index (χ1v) is 4.73. The maximum absolute atomic E-state index is 5.84. The zero-order valence-electron chi connectivity index (χ0n) is 8.11. The quantitative estimate of drug-likeness (QED) is 0.726. The van der Waals surface area contributed by atoms with E-state index in [1.165, 1.54) is 5.56 Å². The van der Waals surface area contributed by atoms with Gasteiger partial charge in [-0.05, 0) is 17.9 Å². The normalized spacial score (nSPS) is 15.3. The monoisotopic (exact) mass is 178 g/mol. The van der Waals surface area contributed by atoms with Crippen LogP contribution < -0.4 is 11.5 Å². The van der Waals surface area contributed by atoms with Crippen molar-refractivity contribution in [1.82, 2.24) is 0 Å². The molecule has 0 radical (unpaired) electrons. The summed E-state index contributed by atoms with van der Waals surface area (Å²) in [5.41, 5.74) is 12.7. The summed E-state index contributed by atoms with van der Waals surface area (Å²) in [6.07, 6.45) is 1.01. The van der Waals surface area contributed by atoms with Crippen molar-refractivity contribution >= 4 is 0 Å². The van der Waals surface area contributed by atoms with Gasteiger partial charge in [0.2, 0.25) is 0 Å². The first-order chi connectivity index (χ1) is 6.24. The van der Waals surface area contributed by atoms with Gasteiger partial charge < -0.3 is 11.5 Å². The van der Waals surface area contributed by atoms with Gasteiger partial charge in [0.15, 0.2) is 0 Å². The summed E-state index contributed by atoms with van der Waals surface area (Å²) in [6.45, 7) is 2.71. The van der Waals surface area contributed by atoms with Crippen molar-refractivity contribution in [3.8, 4) is 0 Å². The van der Waals surface area contributed by atoms with Gasteiger partial charge in [0.05, 0.1) is 0 Å². The highest BCUT2D eigenvalue weighted by Crippen LogP contribution is 2.09. The lowest BCUT2D eigenvalue weighted by Gasteiger charge is -2.17. The SMILES string of the molecule is CC(Cc1ccccc1)C(N)CN. The van der Waals surface area contributed by atoms with E-state index in [1.54, 1.807) is 0 Å². The highest BCUT2D eigenvalue weighted by Gasteiger charge is 2.10. The average molecular weight is 178 g/mol. The van der Waals surface area contributed by atoms with Crippen LogP contribution in [-0.4, -0.2) is 12.6 Å². The summed E-state index contributed by atoms with van der Waals surface area (Å²) in [7, 11) is 0. The van der Waals surface area contributed by atoms with Crippen LogP contribution in [0.1, 0.15) is 12.5 Å². The molecule has 72 valence electrons. The zero-order valence-corrected chi connectivity index (χ0v) is 8.11. The summed E-state index contributed by atoms with van der Waals surface area (Å²) in [5, 5.41) is 0. The summed E-state index contributed by atoms with van der Waals surface area (Å²) < 4.78 is 0. The zero-order chi connectivity index (χ0) is 9.68. The molecular weight excluding hydrogens is 160 g/mol. The lowest BCUT2D eigenvalue weighted by atomic mass is 9.95. The Morgan fingerprint density at radius 2 is 1.85 bits per heavy atom. The Kier molecular flexibility index (Phi) is 3.93. The molecule has 2 unspecified atom stereocenters. The number of hydrogen-bond acceptors (Lipinski definition) is 2. The maximum atomic E-state index is 5.84. The van der Waals surface area contributed by atoms with Gasteiger partial charge >= 0.3 is 0 Å². The molecule has 0 spiro atoms. The van der Waals surface area contributed by atoms with Crippen LogP contribution in [0.3, 0.4) is 0 Å². The van der Waals surface area contributed by atoms with Crippen LogP contribution in [0.5, 0.6) is 0 Å². The number of rotatable bonds is 4. The van der Waals surface area contributed by atoms with E-state index in [1.807, 2.05) is 6.07 Å². The van der Waals surface area contributed by atoms with Crippen molar-refractivity contribution in [2.45, 2.75) is 19.4 Å². The number of nitrogens with two attached hydrogens (primary N) is 2. The maximum Gasteiger partial charge on any atom is 0.0192 e. The van der Waals surface area contributed by atoms with Gasteiger partial charge in [-0.25, -0.2) is 0 Å². The molecular formula is C11H18N2. The minimum absolute atomic E-state index is 0.111. The molecule has 0 bridgehead atoms. The van der Waals surface area contributed by atoms with Gasteiger partial charge in [-0.1, -0.05) is 37.3 Å². The standard InChI is InChI=1S/C11H18N2/c1-9(11(13)8-12)7-10-5-3-2-4-6-10/h2-6,9,11H,7-8,12-13H2,1H3. The Hall–Kier alpha value is -0.860. The molecule has 0 aliphatic heterocycles. The minimum Gasteiger partial charge on any atom is -0.329 e. The highest BCUT2D eigenvalue weighted by molar-refractivity contribution is 5.15. The molecule has 0 saturated heterocycles. The fourth-order valence-electron chi connectivity index (χ4n) is 1.37. The Bertz CT molecular complexity index is 233. The van der Waals surface area contributed by atoms with Crippen LogP contribution in [0.25, 0.3) is 0 Å². The molecule has 0 aliphatic rings. The molecule has 2 heteroatoms. The van der Waals surface area contributed by atoms with Gasteiger partial charge in [0.25, 0.3) is 0 Å². The molecule has 1 rings (SSSR count). The number of benzene rings is 1. The van der Waals surface area contributed by atoms with Crippen molar-refractivity contribution in [2.24, 2.45) is 17.4 Å². The van der Waals surface area contributed by atoms with Crippen LogP contribution in [-0.2, 0) is 6.42 Å². The molecule has 4 N–H and O–H groups in total. The van der Waals surface area contributed by atoms with Gasteiger partial charge in [-0.3, -0.25) is 0 Å². The third-order valence-corrected chi connectivity index (χ3v) is 2.40. The average Bonchev–Trinajstić information content (AvgIpc) is 2.18. The number of hydrogen-bond donors (Lipinski definition) is 2. The summed E-state index contributed by atoms with van der Waals surface area (Å²) in [5.74, 6) is 0.451. The Morgan fingerprint density at radius 3 is 2.38 bits per heavy atom. The second-order valence-electron chi connectivity index (χ2n) is 3.57. The van der Waals surface area contributed by atoms with Crippen molar-refractivity contribution in [2.75, 3.05) is 6.54 Å². The highest BCUT2D eigenvalue weighted by atomic mass is 14.7. The Labute approximate surface area is 79.9 Å². The molecule has 1 aromatic carbocycles.